The van der Waals surface area contributed by atoms with Gasteiger partial charge in [0.25, 0.3) is 5.91 Å². The molecule has 4 bridgehead atoms. The summed E-state index contributed by atoms with van der Waals surface area (Å²) in [6, 6.07) is 3.73. The minimum Gasteiger partial charge on any atom is -0.320 e. The zero-order chi connectivity index (χ0) is 20.3. The number of hydrogen-bond acceptors (Lipinski definition) is 4. The zero-order valence-corrected chi connectivity index (χ0v) is 16.4. The Morgan fingerprint density at radius 1 is 1.24 bits per heavy atom. The highest BCUT2D eigenvalue weighted by Crippen LogP contribution is 2.58. The Bertz CT molecular complexity index is 986. The van der Waals surface area contributed by atoms with Gasteiger partial charge in [0.05, 0.1) is 15.5 Å². The lowest BCUT2D eigenvalue weighted by molar-refractivity contribution is -0.385. The van der Waals surface area contributed by atoms with Gasteiger partial charge in [0, 0.05) is 5.69 Å². The van der Waals surface area contributed by atoms with Gasteiger partial charge in [-0.15, -0.1) is 0 Å². The fourth-order valence-electron chi connectivity index (χ4n) is 6.01. The molecule has 0 unspecified atom stereocenters. The van der Waals surface area contributed by atoms with Gasteiger partial charge >= 0.3 is 5.69 Å². The smallest absolute Gasteiger partial charge is 0.320 e. The number of carbonyl (C=O) groups excluding carboxylic acids is 1. The molecule has 9 heteroatoms. The van der Waals surface area contributed by atoms with Gasteiger partial charge in [-0.1, -0.05) is 11.6 Å². The van der Waals surface area contributed by atoms with Gasteiger partial charge in [-0.2, -0.15) is 5.10 Å². The molecule has 0 spiro atoms. The van der Waals surface area contributed by atoms with Gasteiger partial charge in [-0.25, -0.2) is 4.39 Å². The molecule has 6 rings (SSSR count). The minimum atomic E-state index is -0.706. The average Bonchev–Trinajstić information content (AvgIpc) is 3.10. The van der Waals surface area contributed by atoms with Crippen molar-refractivity contribution in [2.45, 2.75) is 44.1 Å². The van der Waals surface area contributed by atoms with Crippen LogP contribution >= 0.6 is 11.6 Å². The number of nitro groups is 1. The molecule has 7 nitrogen and oxygen atoms in total. The van der Waals surface area contributed by atoms with Crippen LogP contribution in [-0.2, 0) is 5.54 Å². The second kappa shape index (κ2) is 6.52. The van der Waals surface area contributed by atoms with Crippen molar-refractivity contribution in [3.63, 3.8) is 0 Å². The van der Waals surface area contributed by atoms with E-state index < -0.39 is 16.6 Å². The first-order valence-electron chi connectivity index (χ1n) is 9.84. The molecule has 29 heavy (non-hydrogen) atoms. The van der Waals surface area contributed by atoms with Crippen molar-refractivity contribution < 1.29 is 14.1 Å². The summed E-state index contributed by atoms with van der Waals surface area (Å²) < 4.78 is 15.0. The lowest BCUT2D eigenvalue weighted by Crippen LogP contribution is -2.52. The molecule has 4 fully saturated rings. The summed E-state index contributed by atoms with van der Waals surface area (Å²) in [7, 11) is 0. The van der Waals surface area contributed by atoms with Gasteiger partial charge in [0.2, 0.25) is 5.69 Å². The molecule has 0 saturated heterocycles. The maximum absolute atomic E-state index is 13.3. The molecule has 4 aliphatic carbocycles. The molecule has 2 aromatic rings. The quantitative estimate of drug-likeness (QED) is 0.572. The Labute approximate surface area is 171 Å². The second-order valence-corrected chi connectivity index (χ2v) is 9.20. The van der Waals surface area contributed by atoms with Crippen LogP contribution in [0.25, 0.3) is 0 Å². The van der Waals surface area contributed by atoms with Crippen molar-refractivity contribution in [2.24, 2.45) is 17.8 Å². The van der Waals surface area contributed by atoms with E-state index in [0.717, 1.165) is 25.3 Å². The number of nitrogens with zero attached hydrogens (tertiary/aromatic N) is 3. The first kappa shape index (κ1) is 18.5. The van der Waals surface area contributed by atoms with Gasteiger partial charge in [0.1, 0.15) is 12.0 Å². The predicted molar refractivity (Wildman–Crippen MR) is 104 cm³/mol. The summed E-state index contributed by atoms with van der Waals surface area (Å²) in [6.45, 7) is 0. The molecule has 1 amide bonds. The van der Waals surface area contributed by atoms with Crippen LogP contribution in [0.15, 0.2) is 24.4 Å². The van der Waals surface area contributed by atoms with E-state index in [1.807, 2.05) is 0 Å². The standard InChI is InChI=1S/C20H20ClFN4O3/c21-15-6-14(1-2-16(15)22)23-19(27)18-17(26(28)29)10-25(24-18)20-7-11-3-12(8-20)5-13(4-11)9-20/h1-2,6,10-13H,3-5,7-9H2,(H,23,27). The van der Waals surface area contributed by atoms with Crippen molar-refractivity contribution in [1.82, 2.24) is 9.78 Å². The third-order valence-electron chi connectivity index (χ3n) is 6.78. The van der Waals surface area contributed by atoms with E-state index in [1.165, 1.54) is 37.6 Å². The molecule has 152 valence electrons. The minimum absolute atomic E-state index is 0.142. The van der Waals surface area contributed by atoms with Gasteiger partial charge in [-0.3, -0.25) is 19.6 Å². The molecule has 0 radical (unpaired) electrons. The maximum Gasteiger partial charge on any atom is 0.320 e. The third kappa shape index (κ3) is 3.10. The molecule has 4 saturated carbocycles. The van der Waals surface area contributed by atoms with Crippen LogP contribution in [0, 0.1) is 33.7 Å². The summed E-state index contributed by atoms with van der Waals surface area (Å²) in [5.41, 5.74) is -0.519. The summed E-state index contributed by atoms with van der Waals surface area (Å²) in [4.78, 5) is 23.8. The van der Waals surface area contributed by atoms with Crippen LogP contribution in [0.4, 0.5) is 15.8 Å². The van der Waals surface area contributed by atoms with E-state index in [0.29, 0.717) is 17.8 Å². The van der Waals surface area contributed by atoms with Crippen LogP contribution in [0.2, 0.25) is 5.02 Å². The van der Waals surface area contributed by atoms with Crippen LogP contribution in [-0.4, -0.2) is 20.6 Å². The summed E-state index contributed by atoms with van der Waals surface area (Å²) in [5.74, 6) is 0.610. The number of halogens is 2. The Morgan fingerprint density at radius 3 is 2.41 bits per heavy atom. The fraction of sp³-hybridized carbons (Fsp3) is 0.500. The van der Waals surface area contributed by atoms with E-state index in [2.05, 4.69) is 10.4 Å². The Balaban J connectivity index is 1.47. The Hall–Kier alpha value is -2.48. The van der Waals surface area contributed by atoms with Crippen molar-refractivity contribution in [3.05, 3.63) is 51.0 Å². The summed E-state index contributed by atoms with van der Waals surface area (Å²) in [5, 5.41) is 18.4. The SMILES string of the molecule is O=C(Nc1ccc(F)c(Cl)c1)c1nn(C23CC4CC(CC(C4)C2)C3)cc1[N+](=O)[O-]. The Kier molecular flexibility index (Phi) is 4.17. The van der Waals surface area contributed by atoms with Crippen molar-refractivity contribution in [2.75, 3.05) is 5.32 Å². The summed E-state index contributed by atoms with van der Waals surface area (Å²) >= 11 is 5.75. The molecule has 4 aliphatic rings. The molecular formula is C20H20ClFN4O3. The van der Waals surface area contributed by atoms with Gasteiger partial charge < -0.3 is 5.32 Å². The monoisotopic (exact) mass is 418 g/mol. The van der Waals surface area contributed by atoms with Crippen LogP contribution < -0.4 is 5.32 Å². The zero-order valence-electron chi connectivity index (χ0n) is 15.6. The molecule has 1 N–H and O–H groups in total. The molecule has 1 aromatic heterocycles. The number of aromatic nitrogens is 2. The number of carbonyl (C=O) groups is 1. The van der Waals surface area contributed by atoms with E-state index >= 15 is 0 Å². The average molecular weight is 419 g/mol. The first-order valence-corrected chi connectivity index (χ1v) is 10.2. The predicted octanol–water partition coefficient (Wildman–Crippen LogP) is 4.76. The number of hydrogen-bond donors (Lipinski definition) is 1. The highest BCUT2D eigenvalue weighted by atomic mass is 35.5. The molecular weight excluding hydrogens is 399 g/mol. The molecule has 0 aliphatic heterocycles. The highest BCUT2D eigenvalue weighted by molar-refractivity contribution is 6.31. The van der Waals surface area contributed by atoms with Crippen molar-refractivity contribution in [3.8, 4) is 0 Å². The number of amides is 1. The number of rotatable bonds is 4. The Morgan fingerprint density at radius 2 is 1.86 bits per heavy atom. The van der Waals surface area contributed by atoms with E-state index in [4.69, 9.17) is 11.6 Å². The first-order chi connectivity index (χ1) is 13.8. The van der Waals surface area contributed by atoms with Crippen LogP contribution in [0.5, 0.6) is 0 Å². The normalized spacial score (nSPS) is 29.8. The number of nitrogens with one attached hydrogen (secondary N) is 1. The fourth-order valence-corrected chi connectivity index (χ4v) is 6.19. The third-order valence-corrected chi connectivity index (χ3v) is 7.07. The summed E-state index contributed by atoms with van der Waals surface area (Å²) in [6.07, 6.45) is 8.02. The number of benzene rings is 1. The topological polar surface area (TPSA) is 90.1 Å². The van der Waals surface area contributed by atoms with Gasteiger partial charge in [0.15, 0.2) is 0 Å². The van der Waals surface area contributed by atoms with Crippen LogP contribution in [0.3, 0.4) is 0 Å². The van der Waals surface area contributed by atoms with Gasteiger partial charge in [-0.05, 0) is 74.5 Å². The molecule has 0 atom stereocenters. The number of anilines is 1. The van der Waals surface area contributed by atoms with Crippen molar-refractivity contribution in [1.29, 1.82) is 0 Å². The lowest BCUT2D eigenvalue weighted by atomic mass is 9.53. The largest absolute Gasteiger partial charge is 0.320 e. The van der Waals surface area contributed by atoms with E-state index in [1.54, 1.807) is 4.68 Å². The van der Waals surface area contributed by atoms with E-state index in [-0.39, 0.29) is 27.6 Å². The lowest BCUT2D eigenvalue weighted by Gasteiger charge is -2.56. The second-order valence-electron chi connectivity index (χ2n) is 8.79. The highest BCUT2D eigenvalue weighted by Gasteiger charge is 2.53. The van der Waals surface area contributed by atoms with Crippen LogP contribution in [0.1, 0.15) is 49.0 Å². The molecule has 1 aromatic carbocycles. The van der Waals surface area contributed by atoms with Crippen molar-refractivity contribution >= 4 is 28.9 Å². The maximum atomic E-state index is 13.3. The molecule has 1 heterocycles. The van der Waals surface area contributed by atoms with E-state index in [9.17, 15) is 19.3 Å².